The van der Waals surface area contributed by atoms with Gasteiger partial charge < -0.3 is 20.6 Å². The first kappa shape index (κ1) is 21.3. The van der Waals surface area contributed by atoms with E-state index in [1.165, 1.54) is 24.3 Å². The number of ketones is 1. The summed E-state index contributed by atoms with van der Waals surface area (Å²) >= 11 is 0. The highest BCUT2D eigenvalue weighted by Gasteiger charge is 2.53. The Labute approximate surface area is 189 Å². The molecule has 4 atom stereocenters. The molecular weight excluding hydrogens is 427 g/mol. The molecule has 2 heterocycles. The molecule has 2 aromatic carbocycles. The van der Waals surface area contributed by atoms with E-state index in [1.807, 2.05) is 24.3 Å². The molecule has 1 aromatic heterocycles. The maximum Gasteiger partial charge on any atom is 0.324 e. The van der Waals surface area contributed by atoms with Crippen molar-refractivity contribution < 1.29 is 23.5 Å². The summed E-state index contributed by atoms with van der Waals surface area (Å²) in [7, 11) is 0. The van der Waals surface area contributed by atoms with Crippen LogP contribution in [0.25, 0.3) is 11.5 Å². The van der Waals surface area contributed by atoms with Gasteiger partial charge in [0.25, 0.3) is 5.89 Å². The Morgan fingerprint density at radius 2 is 1.91 bits per heavy atom. The summed E-state index contributed by atoms with van der Waals surface area (Å²) in [6.07, 6.45) is 2.22. The third-order valence-corrected chi connectivity index (χ3v) is 6.80. The lowest BCUT2D eigenvalue weighted by molar-refractivity contribution is -0.145. The molecule has 0 radical (unpaired) electrons. The van der Waals surface area contributed by atoms with Gasteiger partial charge >= 0.3 is 5.97 Å². The minimum absolute atomic E-state index is 0.00809. The third-order valence-electron chi connectivity index (χ3n) is 6.80. The molecule has 3 aromatic rings. The predicted octanol–water partition coefficient (Wildman–Crippen LogP) is 3.61. The zero-order valence-electron chi connectivity index (χ0n) is 17.7. The monoisotopic (exact) mass is 450 g/mol. The fraction of sp³-hybridized carbons (Fsp3) is 0.333. The molecular formula is C24H23FN4O4. The highest BCUT2D eigenvalue weighted by Crippen LogP contribution is 2.50. The van der Waals surface area contributed by atoms with Gasteiger partial charge in [-0.2, -0.15) is 0 Å². The first-order valence-electron chi connectivity index (χ1n) is 10.9. The number of fused-ring (bicyclic) bond motifs is 2. The van der Waals surface area contributed by atoms with Crippen molar-refractivity contribution in [3.8, 4) is 11.5 Å². The smallest absolute Gasteiger partial charge is 0.324 e. The molecule has 4 N–H and O–H groups in total. The van der Waals surface area contributed by atoms with Gasteiger partial charge in [0, 0.05) is 29.6 Å². The summed E-state index contributed by atoms with van der Waals surface area (Å²) in [5.74, 6) is -3.16. The third kappa shape index (κ3) is 3.68. The average molecular weight is 450 g/mol. The average Bonchev–Trinajstić information content (AvgIpc) is 3.47. The minimum atomic E-state index is -1.85. The van der Waals surface area contributed by atoms with Crippen LogP contribution in [0.2, 0.25) is 0 Å². The van der Waals surface area contributed by atoms with Crippen LogP contribution in [0.1, 0.15) is 47.8 Å². The summed E-state index contributed by atoms with van der Waals surface area (Å²) < 4.78 is 18.7. The van der Waals surface area contributed by atoms with Crippen LogP contribution in [0, 0.1) is 11.7 Å². The molecule has 1 aliphatic carbocycles. The number of nitrogens with one attached hydrogen (secondary N) is 1. The molecule has 170 valence electrons. The molecule has 9 heteroatoms. The lowest BCUT2D eigenvalue weighted by Gasteiger charge is -2.44. The number of para-hydroxylation sites is 1. The standard InChI is InChI=1S/C24H23FN4O4/c25-14-10-8-13(9-11-14)21-28-29-22(33-21)19(30)12-24(26,23(31)32)20-15-4-1-2-6-17(15)27-18-7-3-5-16(18)20/h1-2,4,6,8-11,16,18,20,27H,3,5,7,12,26H2,(H,31,32). The number of benzene rings is 2. The summed E-state index contributed by atoms with van der Waals surface area (Å²) in [5, 5.41) is 21.4. The minimum Gasteiger partial charge on any atom is -0.480 e. The molecule has 4 unspecified atom stereocenters. The number of anilines is 1. The van der Waals surface area contributed by atoms with Gasteiger partial charge in [-0.05, 0) is 54.7 Å². The van der Waals surface area contributed by atoms with Crippen molar-refractivity contribution in [2.75, 3.05) is 5.32 Å². The molecule has 0 amide bonds. The van der Waals surface area contributed by atoms with Crippen LogP contribution in [0.15, 0.2) is 52.9 Å². The Kier molecular flexibility index (Phi) is 5.20. The van der Waals surface area contributed by atoms with Crippen molar-refractivity contribution in [1.29, 1.82) is 0 Å². The molecule has 0 bridgehead atoms. The van der Waals surface area contributed by atoms with E-state index in [-0.39, 0.29) is 23.7 Å². The normalized spacial score (nSPS) is 23.2. The van der Waals surface area contributed by atoms with E-state index in [2.05, 4.69) is 15.5 Å². The van der Waals surface area contributed by atoms with Gasteiger partial charge in [-0.1, -0.05) is 24.6 Å². The number of nitrogens with two attached hydrogens (primary N) is 1. The zero-order chi connectivity index (χ0) is 23.2. The Morgan fingerprint density at radius 3 is 2.67 bits per heavy atom. The second kappa shape index (κ2) is 8.08. The van der Waals surface area contributed by atoms with E-state index in [9.17, 15) is 19.1 Å². The van der Waals surface area contributed by atoms with E-state index in [0.717, 1.165) is 30.5 Å². The van der Waals surface area contributed by atoms with Gasteiger partial charge in [0.15, 0.2) is 0 Å². The Morgan fingerprint density at radius 1 is 1.15 bits per heavy atom. The quantitative estimate of drug-likeness (QED) is 0.486. The summed E-state index contributed by atoms with van der Waals surface area (Å²) in [6, 6.07) is 13.0. The van der Waals surface area contributed by atoms with Crippen LogP contribution in [-0.4, -0.2) is 38.6 Å². The fourth-order valence-corrected chi connectivity index (χ4v) is 5.26. The van der Waals surface area contributed by atoms with Crippen molar-refractivity contribution in [3.63, 3.8) is 0 Å². The number of carboxylic acids is 1. The topological polar surface area (TPSA) is 131 Å². The van der Waals surface area contributed by atoms with Gasteiger partial charge in [0.1, 0.15) is 11.4 Å². The number of hydrogen-bond donors (Lipinski definition) is 3. The van der Waals surface area contributed by atoms with E-state index in [1.54, 1.807) is 0 Å². The maximum absolute atomic E-state index is 13.2. The molecule has 0 spiro atoms. The molecule has 0 saturated heterocycles. The summed E-state index contributed by atoms with van der Waals surface area (Å²) in [4.78, 5) is 25.6. The molecule has 1 aliphatic heterocycles. The van der Waals surface area contributed by atoms with Crippen LogP contribution in [0.4, 0.5) is 10.1 Å². The highest BCUT2D eigenvalue weighted by atomic mass is 19.1. The fourth-order valence-electron chi connectivity index (χ4n) is 5.26. The van der Waals surface area contributed by atoms with Crippen LogP contribution in [-0.2, 0) is 4.79 Å². The number of aromatic nitrogens is 2. The number of carbonyl (C=O) groups excluding carboxylic acids is 1. The van der Waals surface area contributed by atoms with Gasteiger partial charge in [-0.15, -0.1) is 10.2 Å². The second-order valence-electron chi connectivity index (χ2n) is 8.78. The van der Waals surface area contributed by atoms with Gasteiger partial charge in [-0.3, -0.25) is 9.59 Å². The SMILES string of the molecule is NC(CC(=O)c1nnc(-c2ccc(F)cc2)o1)(C(=O)O)C1c2ccccc2NC2CCCC21. The first-order valence-corrected chi connectivity index (χ1v) is 10.9. The van der Waals surface area contributed by atoms with Gasteiger partial charge in [0.2, 0.25) is 11.7 Å². The van der Waals surface area contributed by atoms with E-state index >= 15 is 0 Å². The van der Waals surface area contributed by atoms with Crippen molar-refractivity contribution in [1.82, 2.24) is 10.2 Å². The first-order chi connectivity index (χ1) is 15.9. The number of aliphatic carboxylic acids is 1. The number of rotatable bonds is 6. The van der Waals surface area contributed by atoms with E-state index in [0.29, 0.717) is 5.56 Å². The van der Waals surface area contributed by atoms with Crippen LogP contribution in [0.3, 0.4) is 0 Å². The Balaban J connectivity index is 1.47. The lowest BCUT2D eigenvalue weighted by atomic mass is 9.66. The number of Topliss-reactive ketones (excluding diaryl/α,β-unsaturated/α-hetero) is 1. The molecule has 2 aliphatic rings. The largest absolute Gasteiger partial charge is 0.480 e. The van der Waals surface area contributed by atoms with Gasteiger partial charge in [-0.25, -0.2) is 4.39 Å². The second-order valence-corrected chi connectivity index (χ2v) is 8.78. The number of hydrogen-bond acceptors (Lipinski definition) is 7. The van der Waals surface area contributed by atoms with Crippen molar-refractivity contribution >= 4 is 17.4 Å². The number of nitrogens with zero attached hydrogens (tertiary/aromatic N) is 2. The molecule has 5 rings (SSSR count). The Hall–Kier alpha value is -3.59. The predicted molar refractivity (Wildman–Crippen MR) is 117 cm³/mol. The van der Waals surface area contributed by atoms with Crippen molar-refractivity contribution in [2.45, 2.75) is 43.2 Å². The van der Waals surface area contributed by atoms with Crippen LogP contribution in [0.5, 0.6) is 0 Å². The van der Waals surface area contributed by atoms with E-state index < -0.39 is 35.4 Å². The number of halogens is 1. The van der Waals surface area contributed by atoms with Crippen molar-refractivity contribution in [3.05, 3.63) is 65.8 Å². The molecule has 1 saturated carbocycles. The van der Waals surface area contributed by atoms with Crippen LogP contribution >= 0.6 is 0 Å². The highest BCUT2D eigenvalue weighted by molar-refractivity contribution is 5.97. The Bertz CT molecular complexity index is 1210. The summed E-state index contributed by atoms with van der Waals surface area (Å²) in [5.41, 5.74) is 6.83. The molecule has 33 heavy (non-hydrogen) atoms. The number of carbonyl (C=O) groups is 2. The summed E-state index contributed by atoms with van der Waals surface area (Å²) in [6.45, 7) is 0. The molecule has 1 fully saturated rings. The van der Waals surface area contributed by atoms with Gasteiger partial charge in [0.05, 0.1) is 0 Å². The van der Waals surface area contributed by atoms with Crippen LogP contribution < -0.4 is 11.1 Å². The zero-order valence-corrected chi connectivity index (χ0v) is 17.7. The van der Waals surface area contributed by atoms with E-state index in [4.69, 9.17) is 10.2 Å². The van der Waals surface area contributed by atoms with Crippen molar-refractivity contribution in [2.24, 2.45) is 11.7 Å². The molecule has 8 nitrogen and oxygen atoms in total. The maximum atomic E-state index is 13.2. The lowest BCUT2D eigenvalue weighted by Crippen LogP contribution is -2.58. The number of carboxylic acid groups (broad SMARTS) is 1.